The van der Waals surface area contributed by atoms with Crippen molar-refractivity contribution in [1.82, 2.24) is 5.43 Å². The normalized spacial score (nSPS) is 14.0. The number of carbonyl (C=O) groups is 2. The summed E-state index contributed by atoms with van der Waals surface area (Å²) in [5, 5.41) is 18.0. The summed E-state index contributed by atoms with van der Waals surface area (Å²) in [5.41, 5.74) is 4.56. The Labute approximate surface area is 196 Å². The fourth-order valence-corrected chi connectivity index (χ4v) is 4.13. The number of nitrogens with one attached hydrogen (secondary N) is 2. The molecule has 33 heavy (non-hydrogen) atoms. The zero-order valence-electron chi connectivity index (χ0n) is 18.2. The zero-order valence-corrected chi connectivity index (χ0v) is 19.1. The van der Waals surface area contributed by atoms with Gasteiger partial charge in [-0.05, 0) is 31.0 Å². The number of rotatable bonds is 9. The molecule has 2 N–H and O–H groups in total. The predicted molar refractivity (Wildman–Crippen MR) is 132 cm³/mol. The van der Waals surface area contributed by atoms with Crippen LogP contribution in [-0.2, 0) is 9.59 Å². The molecule has 174 valence electrons. The number of hydrogen-bond acceptors (Lipinski definition) is 7. The van der Waals surface area contributed by atoms with Crippen LogP contribution < -0.4 is 15.6 Å². The quantitative estimate of drug-likeness (QED) is 0.328. The number of nitro groups is 1. The third kappa shape index (κ3) is 7.90. The van der Waals surface area contributed by atoms with Gasteiger partial charge in [0.1, 0.15) is 0 Å². The second-order valence-corrected chi connectivity index (χ2v) is 8.59. The molecule has 2 amide bonds. The minimum atomic E-state index is -0.445. The number of non-ortho nitro benzene ring substituents is 1. The summed E-state index contributed by atoms with van der Waals surface area (Å²) < 4.78 is 0. The van der Waals surface area contributed by atoms with Gasteiger partial charge in [0.15, 0.2) is 0 Å². The minimum absolute atomic E-state index is 0.0265. The molecule has 0 atom stereocenters. The van der Waals surface area contributed by atoms with Crippen LogP contribution >= 0.6 is 11.8 Å². The van der Waals surface area contributed by atoms with E-state index in [-0.39, 0.29) is 29.0 Å². The molecule has 0 radical (unpaired) electrons. The Kier molecular flexibility index (Phi) is 9.25. The van der Waals surface area contributed by atoms with Crippen molar-refractivity contribution in [3.05, 3.63) is 64.2 Å². The second kappa shape index (κ2) is 12.6. The summed E-state index contributed by atoms with van der Waals surface area (Å²) >= 11 is 1.17. The van der Waals surface area contributed by atoms with Gasteiger partial charge >= 0.3 is 0 Å². The lowest BCUT2D eigenvalue weighted by Crippen LogP contribution is -2.25. The monoisotopic (exact) mass is 469 g/mol. The van der Waals surface area contributed by atoms with Crippen molar-refractivity contribution < 1.29 is 14.5 Å². The third-order valence-electron chi connectivity index (χ3n) is 5.09. The lowest BCUT2D eigenvalue weighted by Gasteiger charge is -2.24. The summed E-state index contributed by atoms with van der Waals surface area (Å²) in [6.07, 6.45) is 5.92. The highest BCUT2D eigenvalue weighted by molar-refractivity contribution is 8.00. The maximum Gasteiger partial charge on any atom is 0.270 e. The van der Waals surface area contributed by atoms with E-state index >= 15 is 0 Å². The van der Waals surface area contributed by atoms with Crippen LogP contribution in [0.3, 0.4) is 0 Å². The van der Waals surface area contributed by atoms with E-state index in [1.165, 1.54) is 43.0 Å². The van der Waals surface area contributed by atoms with Crippen molar-refractivity contribution in [3.8, 4) is 0 Å². The van der Waals surface area contributed by atoms with E-state index in [1.807, 2.05) is 18.2 Å². The Hall–Kier alpha value is -3.40. The number of nitro benzene ring substituents is 1. The standard InChI is InChI=1S/C23H27N5O4S/c29-22(25-19-8-4-3-5-9-19)16-33-17-23(30)26-24-15-18-14-20(28(31)32)10-11-21(18)27-12-6-1-2-7-13-27/h3-5,8-11,14-15H,1-2,6-7,12-13,16-17H2,(H,25,29)(H,26,30)/b24-15+. The molecule has 1 aliphatic heterocycles. The number of carbonyl (C=O) groups excluding carboxylic acids is 2. The number of anilines is 2. The molecule has 9 nitrogen and oxygen atoms in total. The Morgan fingerprint density at radius 1 is 1.03 bits per heavy atom. The van der Waals surface area contributed by atoms with Gasteiger partial charge in [-0.2, -0.15) is 5.10 Å². The van der Waals surface area contributed by atoms with Crippen LogP contribution in [-0.4, -0.2) is 47.5 Å². The molecule has 0 bridgehead atoms. The molecule has 1 heterocycles. The van der Waals surface area contributed by atoms with Crippen LogP contribution in [0.1, 0.15) is 31.2 Å². The molecule has 1 saturated heterocycles. The lowest BCUT2D eigenvalue weighted by atomic mass is 10.1. The number of thioether (sulfide) groups is 1. The third-order valence-corrected chi connectivity index (χ3v) is 6.02. The first-order chi connectivity index (χ1) is 16.0. The zero-order chi connectivity index (χ0) is 23.5. The molecular formula is C23H27N5O4S. The Bertz CT molecular complexity index is 992. The van der Waals surface area contributed by atoms with E-state index in [9.17, 15) is 19.7 Å². The van der Waals surface area contributed by atoms with Gasteiger partial charge < -0.3 is 10.2 Å². The van der Waals surface area contributed by atoms with Gasteiger partial charge in [0, 0.05) is 42.2 Å². The minimum Gasteiger partial charge on any atom is -0.371 e. The first kappa shape index (κ1) is 24.2. The fraction of sp³-hybridized carbons (Fsp3) is 0.348. The van der Waals surface area contributed by atoms with Crippen molar-refractivity contribution in [2.75, 3.05) is 34.8 Å². The van der Waals surface area contributed by atoms with Gasteiger partial charge in [-0.1, -0.05) is 31.0 Å². The second-order valence-electron chi connectivity index (χ2n) is 7.60. The Morgan fingerprint density at radius 3 is 2.42 bits per heavy atom. The van der Waals surface area contributed by atoms with Gasteiger partial charge in [-0.15, -0.1) is 11.8 Å². The molecule has 1 fully saturated rings. The average Bonchev–Trinajstić information content (AvgIpc) is 3.09. The molecule has 0 spiro atoms. The molecule has 2 aromatic carbocycles. The van der Waals surface area contributed by atoms with Crippen molar-refractivity contribution in [1.29, 1.82) is 0 Å². The van der Waals surface area contributed by atoms with Crippen LogP contribution in [0.15, 0.2) is 53.6 Å². The first-order valence-corrected chi connectivity index (χ1v) is 12.0. The fourth-order valence-electron chi connectivity index (χ4n) is 3.52. The van der Waals surface area contributed by atoms with Gasteiger partial charge in [0.05, 0.1) is 22.6 Å². The van der Waals surface area contributed by atoms with Crippen molar-refractivity contribution in [3.63, 3.8) is 0 Å². The highest BCUT2D eigenvalue weighted by atomic mass is 32.2. The highest BCUT2D eigenvalue weighted by Crippen LogP contribution is 2.26. The van der Waals surface area contributed by atoms with Crippen LogP contribution in [0.25, 0.3) is 0 Å². The van der Waals surface area contributed by atoms with Crippen LogP contribution in [0.4, 0.5) is 17.1 Å². The van der Waals surface area contributed by atoms with Gasteiger partial charge in [-0.25, -0.2) is 5.43 Å². The lowest BCUT2D eigenvalue weighted by molar-refractivity contribution is -0.384. The Morgan fingerprint density at radius 2 is 1.73 bits per heavy atom. The molecule has 10 heteroatoms. The number of para-hydroxylation sites is 1. The summed E-state index contributed by atoms with van der Waals surface area (Å²) in [6.45, 7) is 1.76. The number of benzene rings is 2. The average molecular weight is 470 g/mol. The van der Waals surface area contributed by atoms with Crippen molar-refractivity contribution >= 4 is 46.9 Å². The number of hydrogen-bond donors (Lipinski definition) is 2. The molecule has 2 aromatic rings. The molecule has 1 aliphatic rings. The molecular weight excluding hydrogens is 442 g/mol. The molecule has 0 aromatic heterocycles. The maximum atomic E-state index is 12.1. The number of hydrazone groups is 1. The molecule has 0 unspecified atom stereocenters. The van der Waals surface area contributed by atoms with E-state index in [1.54, 1.807) is 18.2 Å². The SMILES string of the molecule is O=C(CSCC(=O)Nc1ccccc1)N/N=C/c1cc([N+](=O)[O-])ccc1N1CCCCCC1. The van der Waals surface area contributed by atoms with Gasteiger partial charge in [-0.3, -0.25) is 19.7 Å². The molecule has 3 rings (SSSR count). The van der Waals surface area contributed by atoms with Crippen LogP contribution in [0.5, 0.6) is 0 Å². The summed E-state index contributed by atoms with van der Waals surface area (Å²) in [6, 6.07) is 13.8. The summed E-state index contributed by atoms with van der Waals surface area (Å²) in [7, 11) is 0. The molecule has 0 aliphatic carbocycles. The topological polar surface area (TPSA) is 117 Å². The predicted octanol–water partition coefficient (Wildman–Crippen LogP) is 3.80. The van der Waals surface area contributed by atoms with E-state index in [0.29, 0.717) is 11.3 Å². The number of amides is 2. The molecule has 0 saturated carbocycles. The van der Waals surface area contributed by atoms with Crippen molar-refractivity contribution in [2.24, 2.45) is 5.10 Å². The summed E-state index contributed by atoms with van der Waals surface area (Å²) in [5.74, 6) is -0.351. The maximum absolute atomic E-state index is 12.1. The van der Waals surface area contributed by atoms with Crippen molar-refractivity contribution in [2.45, 2.75) is 25.7 Å². The Balaban J connectivity index is 1.53. The van der Waals surface area contributed by atoms with E-state index < -0.39 is 4.92 Å². The van der Waals surface area contributed by atoms with E-state index in [4.69, 9.17) is 0 Å². The highest BCUT2D eigenvalue weighted by Gasteiger charge is 2.16. The van der Waals surface area contributed by atoms with Crippen LogP contribution in [0, 0.1) is 10.1 Å². The number of nitrogens with zero attached hydrogens (tertiary/aromatic N) is 3. The van der Waals surface area contributed by atoms with E-state index in [2.05, 4.69) is 20.7 Å². The first-order valence-electron chi connectivity index (χ1n) is 10.8. The van der Waals surface area contributed by atoms with Gasteiger partial charge in [0.25, 0.3) is 5.69 Å². The van der Waals surface area contributed by atoms with Crippen LogP contribution in [0.2, 0.25) is 0 Å². The van der Waals surface area contributed by atoms with E-state index in [0.717, 1.165) is 31.6 Å². The largest absolute Gasteiger partial charge is 0.371 e. The van der Waals surface area contributed by atoms with Gasteiger partial charge in [0.2, 0.25) is 11.8 Å². The smallest absolute Gasteiger partial charge is 0.270 e. The summed E-state index contributed by atoms with van der Waals surface area (Å²) in [4.78, 5) is 37.0.